The van der Waals surface area contributed by atoms with Crippen molar-refractivity contribution in [3.05, 3.63) is 0 Å². The van der Waals surface area contributed by atoms with Gasteiger partial charge in [0.2, 0.25) is 0 Å². The first-order valence-electron chi connectivity index (χ1n) is 8.26. The Morgan fingerprint density at radius 1 is 1.00 bits per heavy atom. The van der Waals surface area contributed by atoms with Gasteiger partial charge in [-0.25, -0.2) is 0 Å². The van der Waals surface area contributed by atoms with Gasteiger partial charge in [0.05, 0.1) is 6.61 Å². The van der Waals surface area contributed by atoms with Crippen molar-refractivity contribution in [1.82, 2.24) is 0 Å². The predicted molar refractivity (Wildman–Crippen MR) is 78.3 cm³/mol. The lowest BCUT2D eigenvalue weighted by Gasteiger charge is -2.29. The summed E-state index contributed by atoms with van der Waals surface area (Å²) in [7, 11) is 0. The Balaban J connectivity index is 1.69. The minimum Gasteiger partial charge on any atom is -0.372 e. The number of rotatable bonds is 5. The average molecular weight is 316 g/mol. The van der Waals surface area contributed by atoms with Gasteiger partial charge < -0.3 is 28.4 Å². The summed E-state index contributed by atoms with van der Waals surface area (Å²) < 4.78 is 35.6. The van der Waals surface area contributed by atoms with Crippen molar-refractivity contribution < 1.29 is 28.4 Å². The number of ether oxygens (including phenoxy) is 6. The Hall–Kier alpha value is -0.240. The van der Waals surface area contributed by atoms with Crippen molar-refractivity contribution in [2.45, 2.75) is 89.7 Å². The van der Waals surface area contributed by atoms with E-state index in [1.54, 1.807) is 0 Å². The van der Waals surface area contributed by atoms with E-state index in [1.165, 1.54) is 0 Å². The summed E-state index contributed by atoms with van der Waals surface area (Å²) in [6, 6.07) is 0. The molecule has 3 heterocycles. The van der Waals surface area contributed by atoms with E-state index in [0.717, 1.165) is 12.8 Å². The lowest BCUT2D eigenvalue weighted by molar-refractivity contribution is -0.236. The normalized spacial score (nSPS) is 42.7. The van der Waals surface area contributed by atoms with Gasteiger partial charge in [0, 0.05) is 6.61 Å². The zero-order valence-electron chi connectivity index (χ0n) is 14.2. The molecule has 0 N–H and O–H groups in total. The van der Waals surface area contributed by atoms with Crippen LogP contribution in [0, 0.1) is 0 Å². The minimum absolute atomic E-state index is 0.164. The van der Waals surface area contributed by atoms with Crippen LogP contribution in [0.15, 0.2) is 0 Å². The van der Waals surface area contributed by atoms with Crippen molar-refractivity contribution in [2.75, 3.05) is 13.2 Å². The van der Waals surface area contributed by atoms with Crippen molar-refractivity contribution in [2.24, 2.45) is 0 Å². The summed E-state index contributed by atoms with van der Waals surface area (Å²) in [4.78, 5) is 0. The van der Waals surface area contributed by atoms with Crippen LogP contribution in [0.25, 0.3) is 0 Å². The molecule has 3 fully saturated rings. The van der Waals surface area contributed by atoms with Gasteiger partial charge in [-0.2, -0.15) is 0 Å². The van der Waals surface area contributed by atoms with Gasteiger partial charge in [0.25, 0.3) is 0 Å². The average Bonchev–Trinajstić information content (AvgIpc) is 3.01. The molecule has 3 aliphatic heterocycles. The summed E-state index contributed by atoms with van der Waals surface area (Å²) in [5.41, 5.74) is 0. The Labute approximate surface area is 132 Å². The van der Waals surface area contributed by atoms with Gasteiger partial charge in [0.15, 0.2) is 17.9 Å². The Morgan fingerprint density at radius 2 is 1.77 bits per heavy atom. The fourth-order valence-corrected chi connectivity index (χ4v) is 3.23. The zero-order valence-corrected chi connectivity index (χ0v) is 14.2. The van der Waals surface area contributed by atoms with Crippen LogP contribution in [0.3, 0.4) is 0 Å². The topological polar surface area (TPSA) is 55.4 Å². The van der Waals surface area contributed by atoms with E-state index in [9.17, 15) is 0 Å². The smallest absolute Gasteiger partial charge is 0.190 e. The van der Waals surface area contributed by atoms with Gasteiger partial charge in [-0.1, -0.05) is 13.3 Å². The molecule has 3 saturated heterocycles. The molecule has 0 aliphatic carbocycles. The lowest BCUT2D eigenvalue weighted by atomic mass is 10.1. The molecule has 0 saturated carbocycles. The highest BCUT2D eigenvalue weighted by Gasteiger charge is 2.58. The Bertz CT molecular complexity index is 396. The first kappa shape index (κ1) is 16.6. The highest BCUT2D eigenvalue weighted by atomic mass is 16.8. The van der Waals surface area contributed by atoms with E-state index >= 15 is 0 Å². The third-order valence-electron chi connectivity index (χ3n) is 4.23. The second-order valence-electron chi connectivity index (χ2n) is 7.13. The third kappa shape index (κ3) is 3.32. The van der Waals surface area contributed by atoms with Gasteiger partial charge >= 0.3 is 0 Å². The zero-order chi connectivity index (χ0) is 16.0. The summed E-state index contributed by atoms with van der Waals surface area (Å²) in [6.07, 6.45) is 0.889. The number of unbranched alkanes of at least 4 members (excludes halogenated alkanes) is 1. The van der Waals surface area contributed by atoms with E-state index in [0.29, 0.717) is 13.2 Å². The molecule has 0 bridgehead atoms. The van der Waals surface area contributed by atoms with Crippen LogP contribution in [0.4, 0.5) is 0 Å². The monoisotopic (exact) mass is 316 g/mol. The Morgan fingerprint density at radius 3 is 2.41 bits per heavy atom. The first-order valence-corrected chi connectivity index (χ1v) is 8.26. The summed E-state index contributed by atoms with van der Waals surface area (Å²) in [5.74, 6) is -1.22. The van der Waals surface area contributed by atoms with Crippen LogP contribution in [0.2, 0.25) is 0 Å². The maximum atomic E-state index is 6.08. The first-order chi connectivity index (χ1) is 10.3. The molecular weight excluding hydrogens is 288 g/mol. The van der Waals surface area contributed by atoms with Crippen LogP contribution in [-0.4, -0.2) is 55.5 Å². The molecule has 3 rings (SSSR count). The van der Waals surface area contributed by atoms with Crippen molar-refractivity contribution in [1.29, 1.82) is 0 Å². The number of fused-ring (bicyclic) bond motifs is 1. The molecule has 0 aromatic rings. The number of hydrogen-bond acceptors (Lipinski definition) is 6. The van der Waals surface area contributed by atoms with E-state index in [-0.39, 0.29) is 24.4 Å². The van der Waals surface area contributed by atoms with Gasteiger partial charge in [0.1, 0.15) is 24.4 Å². The molecule has 0 amide bonds. The van der Waals surface area contributed by atoms with E-state index in [1.807, 2.05) is 27.7 Å². The Kier molecular flexibility index (Phi) is 4.53. The fourth-order valence-electron chi connectivity index (χ4n) is 3.23. The molecular formula is C16H28O6. The van der Waals surface area contributed by atoms with Gasteiger partial charge in [-0.3, -0.25) is 0 Å². The minimum atomic E-state index is -0.640. The fraction of sp³-hybridized carbons (Fsp3) is 1.00. The second-order valence-corrected chi connectivity index (χ2v) is 7.13. The SMILES string of the molecule is CCCCO[C@@H]1[C@H]2OC(C)(C)O[C@H]2O[C@@H]1C1COC(C)(C)O1. The summed E-state index contributed by atoms with van der Waals surface area (Å²) in [5, 5.41) is 0. The largest absolute Gasteiger partial charge is 0.372 e. The van der Waals surface area contributed by atoms with E-state index < -0.39 is 17.9 Å². The molecule has 6 heteroatoms. The molecule has 5 atom stereocenters. The standard InChI is InChI=1S/C16H28O6/c1-6-7-8-17-12-11(10-9-18-15(2,3)20-10)19-14-13(12)21-16(4,5)22-14/h10-14H,6-9H2,1-5H3/t10?,11-,12+,13-,14-/m1/s1. The maximum Gasteiger partial charge on any atom is 0.190 e. The second kappa shape index (κ2) is 6.00. The van der Waals surface area contributed by atoms with Crippen molar-refractivity contribution >= 4 is 0 Å². The summed E-state index contributed by atoms with van der Waals surface area (Å²) in [6.45, 7) is 10.9. The highest BCUT2D eigenvalue weighted by Crippen LogP contribution is 2.41. The van der Waals surface area contributed by atoms with Crippen LogP contribution < -0.4 is 0 Å². The molecule has 128 valence electrons. The molecule has 0 aromatic carbocycles. The molecule has 1 unspecified atom stereocenters. The maximum absolute atomic E-state index is 6.08. The molecule has 22 heavy (non-hydrogen) atoms. The van der Waals surface area contributed by atoms with E-state index in [2.05, 4.69) is 6.92 Å². The third-order valence-corrected chi connectivity index (χ3v) is 4.23. The van der Waals surface area contributed by atoms with Crippen LogP contribution in [0.5, 0.6) is 0 Å². The van der Waals surface area contributed by atoms with Gasteiger partial charge in [-0.15, -0.1) is 0 Å². The highest BCUT2D eigenvalue weighted by molar-refractivity contribution is 4.98. The molecule has 6 nitrogen and oxygen atoms in total. The lowest BCUT2D eigenvalue weighted by Crippen LogP contribution is -2.44. The van der Waals surface area contributed by atoms with Crippen LogP contribution in [-0.2, 0) is 28.4 Å². The molecule has 0 spiro atoms. The quantitative estimate of drug-likeness (QED) is 0.725. The molecule has 3 aliphatic rings. The number of hydrogen-bond donors (Lipinski definition) is 0. The van der Waals surface area contributed by atoms with E-state index in [4.69, 9.17) is 28.4 Å². The molecule has 0 aromatic heterocycles. The van der Waals surface area contributed by atoms with Crippen molar-refractivity contribution in [3.8, 4) is 0 Å². The predicted octanol–water partition coefficient (Wildman–Crippen LogP) is 2.20. The van der Waals surface area contributed by atoms with Crippen LogP contribution >= 0.6 is 0 Å². The summed E-state index contributed by atoms with van der Waals surface area (Å²) >= 11 is 0. The van der Waals surface area contributed by atoms with Crippen molar-refractivity contribution in [3.63, 3.8) is 0 Å². The molecule has 0 radical (unpaired) electrons. The van der Waals surface area contributed by atoms with Gasteiger partial charge in [-0.05, 0) is 34.1 Å². The van der Waals surface area contributed by atoms with Crippen LogP contribution in [0.1, 0.15) is 47.5 Å².